The number of benzene rings is 1. The zero-order valence-corrected chi connectivity index (χ0v) is 9.70. The van der Waals surface area contributed by atoms with Crippen LogP contribution in [0.15, 0.2) is 12.1 Å². The summed E-state index contributed by atoms with van der Waals surface area (Å²) in [6.45, 7) is 0. The van der Waals surface area contributed by atoms with E-state index in [9.17, 15) is 9.90 Å². The normalized spacial score (nSPS) is 8.94. The molecule has 0 aromatic heterocycles. The van der Waals surface area contributed by atoms with Crippen molar-refractivity contribution in [1.29, 1.82) is 0 Å². The van der Waals surface area contributed by atoms with Crippen molar-refractivity contribution in [2.75, 3.05) is 21.3 Å². The minimum Gasteiger partial charge on any atom is -0.545 e. The van der Waals surface area contributed by atoms with E-state index in [0.29, 0.717) is 5.75 Å². The van der Waals surface area contributed by atoms with Gasteiger partial charge in [0.1, 0.15) is 0 Å². The van der Waals surface area contributed by atoms with Gasteiger partial charge in [-0.05, 0) is 12.1 Å². The molecule has 0 atom stereocenters. The van der Waals surface area contributed by atoms with Crippen LogP contribution in [-0.4, -0.2) is 27.3 Å². The number of hydrogen-bond acceptors (Lipinski definition) is 5. The average molecular weight is 218 g/mol. The van der Waals surface area contributed by atoms with E-state index in [1.807, 2.05) is 0 Å². The number of carbonyl (C=O) groups excluding carboxylic acids is 1. The van der Waals surface area contributed by atoms with Gasteiger partial charge in [-0.1, -0.05) is 0 Å². The molecule has 6 heteroatoms. The molecule has 0 radical (unpaired) electrons. The Bertz CT molecular complexity index is 352. The third-order valence-electron chi connectivity index (χ3n) is 1.90. The number of ether oxygens (including phenoxy) is 3. The van der Waals surface area contributed by atoms with Gasteiger partial charge in [0.15, 0.2) is 11.5 Å². The topological polar surface area (TPSA) is 67.8 Å². The Hall–Kier alpha value is -1.31. The molecule has 5 nitrogen and oxygen atoms in total. The summed E-state index contributed by atoms with van der Waals surface area (Å²) in [5.41, 5.74) is -0.0236. The van der Waals surface area contributed by atoms with Gasteiger partial charge in [0.25, 0.3) is 0 Å². The van der Waals surface area contributed by atoms with Crippen LogP contribution < -0.4 is 38.2 Å². The molecule has 0 aliphatic carbocycles. The SMILES string of the molecule is COc1cc(C(=O)[O-])cc(OC)c1OC.[Li+]. The third-order valence-corrected chi connectivity index (χ3v) is 1.90. The molecule has 0 spiro atoms. The van der Waals surface area contributed by atoms with Crippen molar-refractivity contribution < 1.29 is 43.0 Å². The van der Waals surface area contributed by atoms with Crippen LogP contribution in [0.3, 0.4) is 0 Å². The summed E-state index contributed by atoms with van der Waals surface area (Å²) in [7, 11) is 4.27. The summed E-state index contributed by atoms with van der Waals surface area (Å²) in [5.74, 6) is -0.369. The van der Waals surface area contributed by atoms with Gasteiger partial charge < -0.3 is 24.1 Å². The molecule has 1 aromatic rings. The van der Waals surface area contributed by atoms with E-state index in [4.69, 9.17) is 14.2 Å². The molecule has 16 heavy (non-hydrogen) atoms. The van der Waals surface area contributed by atoms with Crippen LogP contribution in [0.2, 0.25) is 0 Å². The van der Waals surface area contributed by atoms with Crippen molar-refractivity contribution >= 4 is 5.97 Å². The first kappa shape index (κ1) is 14.7. The van der Waals surface area contributed by atoms with Crippen LogP contribution in [-0.2, 0) is 0 Å². The number of carboxylic acids is 1. The molecular weight excluding hydrogens is 207 g/mol. The molecule has 0 heterocycles. The zero-order chi connectivity index (χ0) is 11.4. The Morgan fingerprint density at radius 2 is 1.50 bits per heavy atom. The van der Waals surface area contributed by atoms with Crippen LogP contribution in [0.4, 0.5) is 0 Å². The minimum absolute atomic E-state index is 0. The van der Waals surface area contributed by atoms with Crippen LogP contribution in [0.25, 0.3) is 0 Å². The maximum atomic E-state index is 10.7. The van der Waals surface area contributed by atoms with E-state index in [0.717, 1.165) is 0 Å². The number of carboxylic acid groups (broad SMARTS) is 1. The van der Waals surface area contributed by atoms with E-state index in [-0.39, 0.29) is 35.9 Å². The van der Waals surface area contributed by atoms with Crippen LogP contribution in [0, 0.1) is 0 Å². The monoisotopic (exact) mass is 218 g/mol. The molecule has 1 rings (SSSR count). The summed E-state index contributed by atoms with van der Waals surface area (Å²) in [5, 5.41) is 10.7. The number of carbonyl (C=O) groups is 1. The van der Waals surface area contributed by atoms with Crippen molar-refractivity contribution in [2.24, 2.45) is 0 Å². The smallest absolute Gasteiger partial charge is 0.545 e. The van der Waals surface area contributed by atoms with Crippen molar-refractivity contribution in [3.05, 3.63) is 17.7 Å². The Kier molecular flexibility index (Phi) is 5.79. The van der Waals surface area contributed by atoms with Crippen molar-refractivity contribution in [3.8, 4) is 17.2 Å². The molecule has 0 amide bonds. The average Bonchev–Trinajstić information content (AvgIpc) is 2.26. The fourth-order valence-corrected chi connectivity index (χ4v) is 1.20. The number of aromatic carboxylic acids is 1. The summed E-state index contributed by atoms with van der Waals surface area (Å²) in [4.78, 5) is 10.7. The Balaban J connectivity index is 0.00000225. The summed E-state index contributed by atoms with van der Waals surface area (Å²) in [6, 6.07) is 2.63. The molecule has 0 aliphatic heterocycles. The Morgan fingerprint density at radius 3 is 1.75 bits per heavy atom. The Labute approximate surface area is 105 Å². The molecule has 0 fully saturated rings. The summed E-state index contributed by atoms with van der Waals surface area (Å²) >= 11 is 0. The Morgan fingerprint density at radius 1 is 1.06 bits per heavy atom. The van der Waals surface area contributed by atoms with E-state index in [2.05, 4.69) is 0 Å². The maximum absolute atomic E-state index is 10.7. The van der Waals surface area contributed by atoms with Gasteiger partial charge in [-0.2, -0.15) is 0 Å². The molecule has 0 bridgehead atoms. The fourth-order valence-electron chi connectivity index (χ4n) is 1.20. The second-order valence-corrected chi connectivity index (χ2v) is 2.70. The van der Waals surface area contributed by atoms with E-state index in [1.165, 1.54) is 33.5 Å². The quantitative estimate of drug-likeness (QED) is 0.506. The van der Waals surface area contributed by atoms with Gasteiger partial charge in [0.2, 0.25) is 5.75 Å². The first-order valence-corrected chi connectivity index (χ1v) is 4.15. The van der Waals surface area contributed by atoms with Crippen LogP contribution >= 0.6 is 0 Å². The number of hydrogen-bond donors (Lipinski definition) is 0. The van der Waals surface area contributed by atoms with E-state index in [1.54, 1.807) is 0 Å². The van der Waals surface area contributed by atoms with Gasteiger partial charge in [0.05, 0.1) is 27.3 Å². The second-order valence-electron chi connectivity index (χ2n) is 2.70. The van der Waals surface area contributed by atoms with Gasteiger partial charge in [0, 0.05) is 5.56 Å². The van der Waals surface area contributed by atoms with Crippen molar-refractivity contribution in [3.63, 3.8) is 0 Å². The first-order valence-electron chi connectivity index (χ1n) is 4.15. The largest absolute Gasteiger partial charge is 1.00 e. The summed E-state index contributed by atoms with van der Waals surface area (Å²) in [6.07, 6.45) is 0. The van der Waals surface area contributed by atoms with Crippen molar-refractivity contribution in [1.82, 2.24) is 0 Å². The standard InChI is InChI=1S/C10H12O5.Li/c1-13-7-4-6(10(11)12)5-8(14-2)9(7)15-3;/h4-5H,1-3H3,(H,11,12);/q;+1/p-1. The first-order chi connectivity index (χ1) is 7.13. The van der Waals surface area contributed by atoms with Gasteiger partial charge in [-0.15, -0.1) is 0 Å². The van der Waals surface area contributed by atoms with E-state index >= 15 is 0 Å². The number of rotatable bonds is 4. The molecular formula is C10H11LiO5. The van der Waals surface area contributed by atoms with Gasteiger partial charge >= 0.3 is 18.9 Å². The van der Waals surface area contributed by atoms with E-state index < -0.39 is 5.97 Å². The van der Waals surface area contributed by atoms with Crippen LogP contribution in [0.1, 0.15) is 10.4 Å². The second kappa shape index (κ2) is 6.31. The minimum atomic E-state index is -1.30. The zero-order valence-electron chi connectivity index (χ0n) is 9.70. The fraction of sp³-hybridized carbons (Fsp3) is 0.300. The third kappa shape index (κ3) is 2.84. The molecule has 0 saturated carbocycles. The predicted octanol–water partition coefficient (Wildman–Crippen LogP) is -2.92. The molecule has 0 N–H and O–H groups in total. The van der Waals surface area contributed by atoms with Crippen LogP contribution in [0.5, 0.6) is 17.2 Å². The van der Waals surface area contributed by atoms with Crippen molar-refractivity contribution in [2.45, 2.75) is 0 Å². The molecule has 82 valence electrons. The molecule has 1 aromatic carbocycles. The van der Waals surface area contributed by atoms with Gasteiger partial charge in [-0.25, -0.2) is 0 Å². The number of methoxy groups -OCH3 is 3. The maximum Gasteiger partial charge on any atom is 1.00 e. The predicted molar refractivity (Wildman–Crippen MR) is 50.4 cm³/mol. The molecule has 0 saturated heterocycles. The molecule has 0 unspecified atom stereocenters. The molecule has 0 aliphatic rings. The van der Waals surface area contributed by atoms with Gasteiger partial charge in [-0.3, -0.25) is 0 Å². The summed E-state index contributed by atoms with van der Waals surface area (Å²) < 4.78 is 15.0.